The van der Waals surface area contributed by atoms with Crippen molar-refractivity contribution in [3.8, 4) is 5.75 Å². The topological polar surface area (TPSA) is 35.5 Å². The molecule has 1 rings (SSSR count). The standard InChI is InChI=1S/C18H32N2O/c1-6-13-19-17(18(7-2,8-3)20(4)5)14-15-9-11-16(21)12-10-15/h9-12,17,19,21H,6-8,13-14H2,1-5H3. The molecule has 21 heavy (non-hydrogen) atoms. The van der Waals surface area contributed by atoms with Crippen molar-refractivity contribution in [2.24, 2.45) is 0 Å². The highest BCUT2D eigenvalue weighted by molar-refractivity contribution is 5.27. The van der Waals surface area contributed by atoms with E-state index < -0.39 is 0 Å². The predicted octanol–water partition coefficient (Wildman–Crippen LogP) is 3.42. The van der Waals surface area contributed by atoms with Gasteiger partial charge in [0.1, 0.15) is 5.75 Å². The number of hydrogen-bond acceptors (Lipinski definition) is 3. The normalized spacial score (nSPS) is 13.6. The van der Waals surface area contributed by atoms with Crippen LogP contribution in [0, 0.1) is 0 Å². The largest absolute Gasteiger partial charge is 0.508 e. The van der Waals surface area contributed by atoms with E-state index in [9.17, 15) is 5.11 Å². The third-order valence-electron chi connectivity index (χ3n) is 4.78. The number of phenolic OH excluding ortho intramolecular Hbond substituents is 1. The molecule has 0 fully saturated rings. The Morgan fingerprint density at radius 2 is 1.67 bits per heavy atom. The highest BCUT2D eigenvalue weighted by atomic mass is 16.3. The number of nitrogens with zero attached hydrogens (tertiary/aromatic N) is 1. The zero-order valence-corrected chi connectivity index (χ0v) is 14.3. The Kier molecular flexibility index (Phi) is 7.20. The van der Waals surface area contributed by atoms with E-state index in [-0.39, 0.29) is 5.54 Å². The lowest BCUT2D eigenvalue weighted by atomic mass is 9.80. The first kappa shape index (κ1) is 18.0. The predicted molar refractivity (Wildman–Crippen MR) is 90.9 cm³/mol. The Hall–Kier alpha value is -1.06. The van der Waals surface area contributed by atoms with E-state index in [0.29, 0.717) is 11.8 Å². The van der Waals surface area contributed by atoms with Crippen LogP contribution in [0.4, 0.5) is 0 Å². The second-order valence-corrected chi connectivity index (χ2v) is 6.08. The maximum atomic E-state index is 9.45. The van der Waals surface area contributed by atoms with Crippen LogP contribution in [0.3, 0.4) is 0 Å². The molecule has 2 N–H and O–H groups in total. The zero-order chi connectivity index (χ0) is 15.9. The lowest BCUT2D eigenvalue weighted by molar-refractivity contribution is 0.0881. The van der Waals surface area contributed by atoms with Crippen molar-refractivity contribution in [3.05, 3.63) is 29.8 Å². The van der Waals surface area contributed by atoms with Crippen LogP contribution in [0.2, 0.25) is 0 Å². The summed E-state index contributed by atoms with van der Waals surface area (Å²) < 4.78 is 0. The Morgan fingerprint density at radius 1 is 1.10 bits per heavy atom. The summed E-state index contributed by atoms with van der Waals surface area (Å²) in [5.74, 6) is 0.335. The molecule has 0 spiro atoms. The second kappa shape index (κ2) is 8.40. The summed E-state index contributed by atoms with van der Waals surface area (Å²) in [6, 6.07) is 8.03. The van der Waals surface area contributed by atoms with Crippen LogP contribution >= 0.6 is 0 Å². The highest BCUT2D eigenvalue weighted by Gasteiger charge is 2.37. The fourth-order valence-corrected chi connectivity index (χ4v) is 3.33. The lowest BCUT2D eigenvalue weighted by Crippen LogP contribution is -2.59. The summed E-state index contributed by atoms with van der Waals surface area (Å²) in [6.45, 7) is 7.81. The van der Waals surface area contributed by atoms with E-state index in [2.05, 4.69) is 45.1 Å². The summed E-state index contributed by atoms with van der Waals surface area (Å²) in [5.41, 5.74) is 1.43. The molecular formula is C18H32N2O. The van der Waals surface area contributed by atoms with Crippen LogP contribution in [0.5, 0.6) is 5.75 Å². The van der Waals surface area contributed by atoms with Crippen LogP contribution in [0.15, 0.2) is 24.3 Å². The van der Waals surface area contributed by atoms with E-state index in [0.717, 1.165) is 32.2 Å². The van der Waals surface area contributed by atoms with Crippen LogP contribution in [0.1, 0.15) is 45.6 Å². The summed E-state index contributed by atoms with van der Waals surface area (Å²) in [7, 11) is 4.37. The molecular weight excluding hydrogens is 260 g/mol. The summed E-state index contributed by atoms with van der Waals surface area (Å²) in [6.07, 6.45) is 4.37. The van der Waals surface area contributed by atoms with E-state index in [4.69, 9.17) is 0 Å². The van der Waals surface area contributed by atoms with E-state index in [1.807, 2.05) is 12.1 Å². The van der Waals surface area contributed by atoms with Gasteiger partial charge in [-0.2, -0.15) is 0 Å². The lowest BCUT2D eigenvalue weighted by Gasteiger charge is -2.46. The molecule has 0 radical (unpaired) electrons. The van der Waals surface area contributed by atoms with Gasteiger partial charge in [-0.15, -0.1) is 0 Å². The van der Waals surface area contributed by atoms with Crippen molar-refractivity contribution in [2.45, 2.75) is 58.0 Å². The minimum absolute atomic E-state index is 0.160. The number of aromatic hydroxyl groups is 1. The molecule has 120 valence electrons. The van der Waals surface area contributed by atoms with Gasteiger partial charge in [0.2, 0.25) is 0 Å². The first-order valence-electron chi connectivity index (χ1n) is 8.18. The molecule has 1 unspecified atom stereocenters. The molecule has 0 saturated heterocycles. The fraction of sp³-hybridized carbons (Fsp3) is 0.667. The minimum Gasteiger partial charge on any atom is -0.508 e. The molecule has 1 atom stereocenters. The molecule has 0 heterocycles. The van der Waals surface area contributed by atoms with Crippen molar-refractivity contribution in [2.75, 3.05) is 20.6 Å². The molecule has 1 aromatic carbocycles. The summed E-state index contributed by atoms with van der Waals surface area (Å²) in [5, 5.41) is 13.2. The number of benzene rings is 1. The van der Waals surface area contributed by atoms with E-state index in [1.54, 1.807) is 12.1 Å². The SMILES string of the molecule is CCCNC(Cc1ccc(O)cc1)C(CC)(CC)N(C)C. The maximum Gasteiger partial charge on any atom is 0.115 e. The average Bonchev–Trinajstić information content (AvgIpc) is 2.48. The summed E-state index contributed by atoms with van der Waals surface area (Å²) in [4.78, 5) is 2.38. The first-order chi connectivity index (χ1) is 10.00. The molecule has 1 aromatic rings. The monoisotopic (exact) mass is 292 g/mol. The van der Waals surface area contributed by atoms with Gasteiger partial charge in [-0.1, -0.05) is 32.9 Å². The molecule has 0 saturated carbocycles. The zero-order valence-electron chi connectivity index (χ0n) is 14.3. The third kappa shape index (κ3) is 4.45. The van der Waals surface area contributed by atoms with Gasteiger partial charge in [-0.05, 0) is 64.0 Å². The van der Waals surface area contributed by atoms with Crippen molar-refractivity contribution < 1.29 is 5.11 Å². The Labute approximate surface area is 130 Å². The van der Waals surface area contributed by atoms with Gasteiger partial charge in [0.15, 0.2) is 0 Å². The highest BCUT2D eigenvalue weighted by Crippen LogP contribution is 2.28. The fourth-order valence-electron chi connectivity index (χ4n) is 3.33. The van der Waals surface area contributed by atoms with Gasteiger partial charge in [-0.25, -0.2) is 0 Å². The molecule has 0 aromatic heterocycles. The van der Waals surface area contributed by atoms with Crippen LogP contribution < -0.4 is 5.32 Å². The Bertz CT molecular complexity index is 396. The summed E-state index contributed by atoms with van der Waals surface area (Å²) >= 11 is 0. The van der Waals surface area contributed by atoms with Gasteiger partial charge >= 0.3 is 0 Å². The number of nitrogens with one attached hydrogen (secondary N) is 1. The molecule has 3 nitrogen and oxygen atoms in total. The van der Waals surface area contributed by atoms with Crippen molar-refractivity contribution in [3.63, 3.8) is 0 Å². The van der Waals surface area contributed by atoms with Crippen molar-refractivity contribution >= 4 is 0 Å². The van der Waals surface area contributed by atoms with Crippen molar-refractivity contribution in [1.29, 1.82) is 0 Å². The van der Waals surface area contributed by atoms with Crippen LogP contribution in [-0.4, -0.2) is 42.2 Å². The average molecular weight is 292 g/mol. The molecule has 0 aliphatic heterocycles. The van der Waals surface area contributed by atoms with Crippen LogP contribution in [-0.2, 0) is 6.42 Å². The van der Waals surface area contributed by atoms with Crippen LogP contribution in [0.25, 0.3) is 0 Å². The molecule has 0 aliphatic rings. The van der Waals surface area contributed by atoms with Gasteiger partial charge in [0, 0.05) is 11.6 Å². The quantitative estimate of drug-likeness (QED) is 0.732. The number of rotatable bonds is 9. The van der Waals surface area contributed by atoms with Gasteiger partial charge in [0.25, 0.3) is 0 Å². The molecule has 3 heteroatoms. The van der Waals surface area contributed by atoms with Gasteiger partial charge < -0.3 is 15.3 Å². The van der Waals surface area contributed by atoms with Gasteiger partial charge in [-0.3, -0.25) is 0 Å². The maximum absolute atomic E-state index is 9.45. The van der Waals surface area contributed by atoms with Crippen molar-refractivity contribution in [1.82, 2.24) is 10.2 Å². The molecule has 0 bridgehead atoms. The Balaban J connectivity index is 2.99. The number of hydrogen-bond donors (Lipinski definition) is 2. The smallest absolute Gasteiger partial charge is 0.115 e. The molecule has 0 aliphatic carbocycles. The minimum atomic E-state index is 0.160. The second-order valence-electron chi connectivity index (χ2n) is 6.08. The van der Waals surface area contributed by atoms with E-state index in [1.165, 1.54) is 5.56 Å². The number of likely N-dealkylation sites (N-methyl/N-ethyl adjacent to an activating group) is 1. The third-order valence-corrected chi connectivity index (χ3v) is 4.78. The van der Waals surface area contributed by atoms with E-state index >= 15 is 0 Å². The molecule has 0 amide bonds. The first-order valence-corrected chi connectivity index (χ1v) is 8.18. The number of phenols is 1. The Morgan fingerprint density at radius 3 is 2.10 bits per heavy atom. The van der Waals surface area contributed by atoms with Gasteiger partial charge in [0.05, 0.1) is 0 Å².